The van der Waals surface area contributed by atoms with E-state index in [9.17, 15) is 39.9 Å². The third-order valence-electron chi connectivity index (χ3n) is 2.54. The normalized spacial score (nSPS) is 13.9. The van der Waals surface area contributed by atoms with E-state index >= 15 is 0 Å². The minimum atomic E-state index is -5.86. The van der Waals surface area contributed by atoms with Crippen LogP contribution in [0.5, 0.6) is 0 Å². The molecule has 0 spiro atoms. The lowest BCUT2D eigenvalue weighted by Gasteiger charge is -2.36. The summed E-state index contributed by atoms with van der Waals surface area (Å²) in [5.41, 5.74) is -3.38. The van der Waals surface area contributed by atoms with Gasteiger partial charge < -0.3 is 4.74 Å². The summed E-state index contributed by atoms with van der Waals surface area (Å²) in [5, 5.41) is 0. The van der Waals surface area contributed by atoms with Gasteiger partial charge in [-0.15, -0.1) is 0 Å². The number of carbonyl (C=O) groups is 1. The Morgan fingerprint density at radius 3 is 1.86 bits per heavy atom. The average molecular weight is 344 g/mol. The molecule has 0 heterocycles. The van der Waals surface area contributed by atoms with Gasteiger partial charge in [-0.05, 0) is 6.92 Å². The summed E-state index contributed by atoms with van der Waals surface area (Å²) in [7, 11) is 0. The van der Waals surface area contributed by atoms with Crippen molar-refractivity contribution >= 4 is 5.97 Å². The summed E-state index contributed by atoms with van der Waals surface area (Å²) in [4.78, 5) is 10.5. The summed E-state index contributed by atoms with van der Waals surface area (Å²) >= 11 is 0. The second-order valence-electron chi connectivity index (χ2n) is 4.48. The van der Waals surface area contributed by atoms with Crippen LogP contribution in [-0.2, 0) is 14.3 Å². The molecule has 0 aliphatic heterocycles. The van der Waals surface area contributed by atoms with Crippen LogP contribution in [0.2, 0.25) is 0 Å². The number of hydrogen-bond acceptors (Lipinski definition) is 3. The van der Waals surface area contributed by atoms with Gasteiger partial charge in [0.25, 0.3) is 0 Å². The third kappa shape index (κ3) is 4.31. The fraction of sp³-hybridized carbons (Fsp3) is 0.727. The van der Waals surface area contributed by atoms with Gasteiger partial charge in [0.05, 0.1) is 0 Å². The number of alkyl halides is 8. The Bertz CT molecular complexity index is 406. The molecule has 0 aromatic carbocycles. The van der Waals surface area contributed by atoms with Crippen LogP contribution in [0.3, 0.4) is 0 Å². The van der Waals surface area contributed by atoms with Crippen LogP contribution in [0.25, 0.3) is 0 Å². The molecule has 130 valence electrons. The van der Waals surface area contributed by atoms with Crippen molar-refractivity contribution in [3.63, 3.8) is 0 Å². The lowest BCUT2D eigenvalue weighted by molar-refractivity contribution is -0.456. The van der Waals surface area contributed by atoms with Gasteiger partial charge in [-0.3, -0.25) is 8.78 Å². The van der Waals surface area contributed by atoms with Gasteiger partial charge >= 0.3 is 24.1 Å². The molecule has 0 bridgehead atoms. The smallest absolute Gasteiger partial charge is 0.427 e. The quantitative estimate of drug-likeness (QED) is 0.365. The molecule has 0 radical (unpaired) electrons. The topological polar surface area (TPSA) is 35.5 Å². The van der Waals surface area contributed by atoms with Crippen LogP contribution >= 0.6 is 0 Å². The second-order valence-corrected chi connectivity index (χ2v) is 4.48. The van der Waals surface area contributed by atoms with Crippen LogP contribution < -0.4 is 0 Å². The predicted octanol–water partition coefficient (Wildman–Crippen LogP) is 3.50. The Hall–Kier alpha value is -1.39. The zero-order valence-electron chi connectivity index (χ0n) is 11.2. The van der Waals surface area contributed by atoms with Gasteiger partial charge in [-0.1, -0.05) is 6.58 Å². The molecule has 3 nitrogen and oxygen atoms in total. The molecule has 22 heavy (non-hydrogen) atoms. The van der Waals surface area contributed by atoms with Crippen molar-refractivity contribution in [1.29, 1.82) is 0 Å². The highest BCUT2D eigenvalue weighted by Crippen LogP contribution is 2.46. The number of rotatable bonds is 9. The van der Waals surface area contributed by atoms with E-state index < -0.39 is 49.5 Å². The van der Waals surface area contributed by atoms with Crippen molar-refractivity contribution in [2.75, 3.05) is 20.0 Å². The number of esters is 1. The highest BCUT2D eigenvalue weighted by molar-refractivity contribution is 5.81. The Kier molecular flexibility index (Phi) is 6.37. The lowest BCUT2D eigenvalue weighted by Crippen LogP contribution is -2.55. The molecule has 0 aromatic heterocycles. The highest BCUT2D eigenvalue weighted by atomic mass is 19.3. The number of ether oxygens (including phenoxy) is 2. The first-order chi connectivity index (χ1) is 9.78. The maximum Gasteiger partial charge on any atom is 0.427 e. The van der Waals surface area contributed by atoms with Crippen molar-refractivity contribution in [3.8, 4) is 0 Å². The van der Waals surface area contributed by atoms with Crippen molar-refractivity contribution in [2.45, 2.75) is 25.1 Å². The van der Waals surface area contributed by atoms with E-state index in [1.54, 1.807) is 0 Å². The Morgan fingerprint density at radius 2 is 1.50 bits per heavy atom. The molecule has 0 amide bonds. The molecule has 0 aliphatic rings. The third-order valence-corrected chi connectivity index (χ3v) is 2.54. The van der Waals surface area contributed by atoms with Crippen LogP contribution in [0.15, 0.2) is 12.7 Å². The first-order valence-corrected chi connectivity index (χ1v) is 5.53. The molecule has 0 N–H and O–H groups in total. The van der Waals surface area contributed by atoms with Gasteiger partial charge in [0.2, 0.25) is 0 Å². The van der Waals surface area contributed by atoms with Crippen molar-refractivity contribution < 1.29 is 49.4 Å². The Balaban J connectivity index is 5.21. The molecule has 0 aliphatic carbocycles. The summed E-state index contributed by atoms with van der Waals surface area (Å²) in [5.74, 6) is -6.89. The standard InChI is InChI=1S/C11H12F8O3/c1-3-7(20)21-6-9(14,15)11(18,19)22-10(16,17)8(2,4-12)5-13/h3H,1,4-6H2,2H3. The molecule has 0 aromatic rings. The Labute approximate surface area is 119 Å². The lowest BCUT2D eigenvalue weighted by atomic mass is 9.92. The average Bonchev–Trinajstić information content (AvgIpc) is 2.42. The van der Waals surface area contributed by atoms with E-state index in [-0.39, 0.29) is 6.92 Å². The van der Waals surface area contributed by atoms with E-state index in [0.717, 1.165) is 0 Å². The monoisotopic (exact) mass is 344 g/mol. The molecular formula is C11H12F8O3. The second kappa shape index (κ2) is 6.80. The molecule has 11 heteroatoms. The van der Waals surface area contributed by atoms with Crippen LogP contribution in [0.4, 0.5) is 35.1 Å². The van der Waals surface area contributed by atoms with Gasteiger partial charge in [0.15, 0.2) is 6.61 Å². The first-order valence-electron chi connectivity index (χ1n) is 5.53. The number of hydrogen-bond donors (Lipinski definition) is 0. The van der Waals surface area contributed by atoms with Crippen LogP contribution in [0, 0.1) is 5.41 Å². The zero-order valence-corrected chi connectivity index (χ0v) is 11.2. The first kappa shape index (κ1) is 20.6. The maximum absolute atomic E-state index is 13.3. The molecule has 0 saturated heterocycles. The summed E-state index contributed by atoms with van der Waals surface area (Å²) in [6.45, 7) is -3.61. The summed E-state index contributed by atoms with van der Waals surface area (Å²) in [6, 6.07) is 0. The zero-order chi connectivity index (χ0) is 17.8. The van der Waals surface area contributed by atoms with Crippen molar-refractivity contribution in [2.24, 2.45) is 5.41 Å². The fourth-order valence-electron chi connectivity index (χ4n) is 0.855. The summed E-state index contributed by atoms with van der Waals surface area (Å²) in [6.07, 6.45) is -10.7. The summed E-state index contributed by atoms with van der Waals surface area (Å²) < 4.78 is 110. The molecular weight excluding hydrogens is 332 g/mol. The molecule has 0 unspecified atom stereocenters. The number of halogens is 8. The largest absolute Gasteiger partial charge is 0.456 e. The van der Waals surface area contributed by atoms with Crippen molar-refractivity contribution in [3.05, 3.63) is 12.7 Å². The number of carbonyl (C=O) groups excluding carboxylic acids is 1. The van der Waals surface area contributed by atoms with E-state index in [0.29, 0.717) is 6.08 Å². The highest BCUT2D eigenvalue weighted by Gasteiger charge is 2.66. The van der Waals surface area contributed by atoms with Crippen LogP contribution in [0.1, 0.15) is 6.92 Å². The van der Waals surface area contributed by atoms with Crippen molar-refractivity contribution in [1.82, 2.24) is 0 Å². The SMILES string of the molecule is C=CC(=O)OCC(F)(F)C(F)(F)OC(F)(F)C(C)(CF)CF. The van der Waals surface area contributed by atoms with E-state index in [4.69, 9.17) is 0 Å². The Morgan fingerprint density at radius 1 is 1.05 bits per heavy atom. The van der Waals surface area contributed by atoms with Crippen LogP contribution in [-0.4, -0.2) is 44.1 Å². The van der Waals surface area contributed by atoms with Gasteiger partial charge in [0, 0.05) is 6.08 Å². The molecule has 0 atom stereocenters. The van der Waals surface area contributed by atoms with E-state index in [1.807, 2.05) is 0 Å². The van der Waals surface area contributed by atoms with Gasteiger partial charge in [0.1, 0.15) is 18.8 Å². The molecule has 0 fully saturated rings. The minimum absolute atomic E-state index is 0.193. The van der Waals surface area contributed by atoms with Gasteiger partial charge in [-0.2, -0.15) is 26.3 Å². The predicted molar refractivity (Wildman–Crippen MR) is 57.1 cm³/mol. The van der Waals surface area contributed by atoms with Gasteiger partial charge in [-0.25, -0.2) is 9.53 Å². The van der Waals surface area contributed by atoms with E-state index in [2.05, 4.69) is 16.1 Å². The minimum Gasteiger partial charge on any atom is -0.456 e. The molecule has 0 saturated carbocycles. The fourth-order valence-corrected chi connectivity index (χ4v) is 0.855. The molecule has 0 rings (SSSR count). The van der Waals surface area contributed by atoms with E-state index in [1.165, 1.54) is 0 Å². The maximum atomic E-state index is 13.3.